The summed E-state index contributed by atoms with van der Waals surface area (Å²) in [4.78, 5) is 34.7. The highest BCUT2D eigenvalue weighted by molar-refractivity contribution is 8.00. The van der Waals surface area contributed by atoms with Gasteiger partial charge in [0.2, 0.25) is 11.8 Å². The summed E-state index contributed by atoms with van der Waals surface area (Å²) in [5.41, 5.74) is 2.49. The molecule has 4 aromatic rings. The van der Waals surface area contributed by atoms with Crippen molar-refractivity contribution in [2.45, 2.75) is 24.1 Å². The largest absolute Gasteiger partial charge is 0.326 e. The molecule has 31 heavy (non-hydrogen) atoms. The van der Waals surface area contributed by atoms with Gasteiger partial charge in [-0.05, 0) is 42.8 Å². The van der Waals surface area contributed by atoms with Gasteiger partial charge in [0, 0.05) is 28.6 Å². The Hall–Kier alpha value is -3.23. The zero-order valence-corrected chi connectivity index (χ0v) is 18.6. The molecule has 0 saturated heterocycles. The number of benzene rings is 2. The van der Waals surface area contributed by atoms with Gasteiger partial charge in [-0.25, -0.2) is 9.97 Å². The second-order valence-electron chi connectivity index (χ2n) is 6.88. The summed E-state index contributed by atoms with van der Waals surface area (Å²) in [5.74, 6) is -0.260. The Bertz CT molecular complexity index is 1220. The Morgan fingerprint density at radius 3 is 2.32 bits per heavy atom. The van der Waals surface area contributed by atoms with Gasteiger partial charge < -0.3 is 10.6 Å². The number of nitrogens with one attached hydrogen (secondary N) is 2. The summed E-state index contributed by atoms with van der Waals surface area (Å²) in [7, 11) is 0. The highest BCUT2D eigenvalue weighted by Crippen LogP contribution is 2.37. The van der Waals surface area contributed by atoms with Crippen LogP contribution in [0.15, 0.2) is 72.0 Å². The molecule has 2 amide bonds. The van der Waals surface area contributed by atoms with E-state index in [1.807, 2.05) is 25.1 Å². The van der Waals surface area contributed by atoms with E-state index < -0.39 is 0 Å². The van der Waals surface area contributed by atoms with Crippen molar-refractivity contribution in [2.24, 2.45) is 0 Å². The van der Waals surface area contributed by atoms with Gasteiger partial charge >= 0.3 is 0 Å². The Balaban J connectivity index is 1.47. The standard InChI is InChI=1S/C23H20N4O2S2/c1-14(21(29)27-18-10-8-17(9-11-18)26-15(2)28)30-22-19-12-20(16-6-4-3-5-7-16)31-23(19)25-13-24-22/h3-14H,1-2H3,(H,26,28)(H,27,29)/t14-/m1/s1. The molecule has 0 aliphatic rings. The van der Waals surface area contributed by atoms with Crippen LogP contribution in [-0.2, 0) is 9.59 Å². The lowest BCUT2D eigenvalue weighted by molar-refractivity contribution is -0.115. The Morgan fingerprint density at radius 2 is 1.65 bits per heavy atom. The molecule has 8 heteroatoms. The third-order valence-corrected chi connectivity index (χ3v) is 6.69. The highest BCUT2D eigenvalue weighted by atomic mass is 32.2. The van der Waals surface area contributed by atoms with Crippen LogP contribution in [0.4, 0.5) is 11.4 Å². The third-order valence-electron chi connectivity index (χ3n) is 4.48. The molecular weight excluding hydrogens is 428 g/mol. The van der Waals surface area contributed by atoms with Crippen molar-refractivity contribution < 1.29 is 9.59 Å². The van der Waals surface area contributed by atoms with Crippen LogP contribution in [0.25, 0.3) is 20.7 Å². The molecule has 0 saturated carbocycles. The van der Waals surface area contributed by atoms with E-state index in [0.29, 0.717) is 11.4 Å². The van der Waals surface area contributed by atoms with Crippen molar-refractivity contribution in [1.82, 2.24) is 9.97 Å². The van der Waals surface area contributed by atoms with Gasteiger partial charge in [-0.3, -0.25) is 9.59 Å². The summed E-state index contributed by atoms with van der Waals surface area (Å²) < 4.78 is 0. The number of hydrogen-bond donors (Lipinski definition) is 2. The van der Waals surface area contributed by atoms with Gasteiger partial charge in [0.15, 0.2) is 0 Å². The molecule has 156 valence electrons. The minimum atomic E-state index is -0.354. The van der Waals surface area contributed by atoms with Gasteiger partial charge in [0.1, 0.15) is 16.2 Å². The van der Waals surface area contributed by atoms with E-state index in [-0.39, 0.29) is 17.1 Å². The molecule has 6 nitrogen and oxygen atoms in total. The van der Waals surface area contributed by atoms with Gasteiger partial charge in [0.25, 0.3) is 0 Å². The van der Waals surface area contributed by atoms with Crippen molar-refractivity contribution in [3.05, 3.63) is 67.0 Å². The molecule has 2 aromatic heterocycles. The maximum absolute atomic E-state index is 12.7. The molecular formula is C23H20N4O2S2. The first-order chi connectivity index (χ1) is 15.0. The quantitative estimate of drug-likeness (QED) is 0.303. The van der Waals surface area contributed by atoms with Crippen LogP contribution in [0, 0.1) is 0 Å². The molecule has 0 aliphatic carbocycles. The second kappa shape index (κ2) is 9.28. The summed E-state index contributed by atoms with van der Waals surface area (Å²) in [6.07, 6.45) is 1.54. The van der Waals surface area contributed by atoms with Gasteiger partial charge in [-0.1, -0.05) is 42.1 Å². The van der Waals surface area contributed by atoms with Crippen molar-refractivity contribution in [2.75, 3.05) is 10.6 Å². The van der Waals surface area contributed by atoms with Crippen LogP contribution >= 0.6 is 23.1 Å². The molecule has 0 bridgehead atoms. The van der Waals surface area contributed by atoms with E-state index in [4.69, 9.17) is 0 Å². The Labute approximate surface area is 188 Å². The van der Waals surface area contributed by atoms with E-state index in [1.165, 1.54) is 18.7 Å². The SMILES string of the molecule is CC(=O)Nc1ccc(NC(=O)[C@@H](C)Sc2ncnc3sc(-c4ccccc4)cc23)cc1. The number of fused-ring (bicyclic) bond motifs is 1. The lowest BCUT2D eigenvalue weighted by Crippen LogP contribution is -2.22. The average molecular weight is 449 g/mol. The van der Waals surface area contributed by atoms with Gasteiger partial charge in [-0.2, -0.15) is 0 Å². The summed E-state index contributed by atoms with van der Waals surface area (Å²) in [5, 5.41) is 7.00. The number of carbonyl (C=O) groups is 2. The number of anilines is 2. The van der Waals surface area contributed by atoms with E-state index >= 15 is 0 Å². The van der Waals surface area contributed by atoms with Crippen LogP contribution in [0.5, 0.6) is 0 Å². The fourth-order valence-electron chi connectivity index (χ4n) is 2.98. The summed E-state index contributed by atoms with van der Waals surface area (Å²) in [6, 6.07) is 19.2. The molecule has 0 unspecified atom stereocenters. The fraction of sp³-hybridized carbons (Fsp3) is 0.130. The minimum absolute atomic E-state index is 0.123. The number of nitrogens with zero attached hydrogens (tertiary/aromatic N) is 2. The van der Waals surface area contributed by atoms with E-state index in [9.17, 15) is 9.59 Å². The summed E-state index contributed by atoms with van der Waals surface area (Å²) in [6.45, 7) is 3.30. The van der Waals surface area contributed by atoms with Crippen LogP contribution < -0.4 is 10.6 Å². The molecule has 1 atom stereocenters. The first kappa shape index (κ1) is 21.0. The number of thioether (sulfide) groups is 1. The summed E-state index contributed by atoms with van der Waals surface area (Å²) >= 11 is 3.02. The lowest BCUT2D eigenvalue weighted by Gasteiger charge is -2.12. The minimum Gasteiger partial charge on any atom is -0.326 e. The van der Waals surface area contributed by atoms with Crippen molar-refractivity contribution in [3.63, 3.8) is 0 Å². The maximum atomic E-state index is 12.7. The van der Waals surface area contributed by atoms with Crippen LogP contribution in [-0.4, -0.2) is 27.0 Å². The molecule has 2 heterocycles. The zero-order valence-electron chi connectivity index (χ0n) is 17.0. The van der Waals surface area contributed by atoms with E-state index in [0.717, 1.165) is 25.7 Å². The van der Waals surface area contributed by atoms with E-state index in [2.05, 4.69) is 38.8 Å². The highest BCUT2D eigenvalue weighted by Gasteiger charge is 2.18. The Morgan fingerprint density at radius 1 is 0.968 bits per heavy atom. The van der Waals surface area contributed by atoms with Crippen molar-refractivity contribution in [3.8, 4) is 10.4 Å². The zero-order chi connectivity index (χ0) is 21.8. The van der Waals surface area contributed by atoms with Crippen molar-refractivity contribution >= 4 is 56.5 Å². The van der Waals surface area contributed by atoms with Crippen LogP contribution in [0.3, 0.4) is 0 Å². The normalized spacial score (nSPS) is 11.8. The lowest BCUT2D eigenvalue weighted by atomic mass is 10.2. The van der Waals surface area contributed by atoms with Gasteiger partial charge in [-0.15, -0.1) is 11.3 Å². The van der Waals surface area contributed by atoms with Gasteiger partial charge in [0.05, 0.1) is 5.25 Å². The maximum Gasteiger partial charge on any atom is 0.237 e. The number of aromatic nitrogens is 2. The second-order valence-corrected chi connectivity index (χ2v) is 9.24. The fourth-order valence-corrected chi connectivity index (χ4v) is 4.94. The Kier molecular flexibility index (Phi) is 6.29. The number of carbonyl (C=O) groups excluding carboxylic acids is 2. The smallest absolute Gasteiger partial charge is 0.237 e. The monoisotopic (exact) mass is 448 g/mol. The van der Waals surface area contributed by atoms with Crippen LogP contribution in [0.1, 0.15) is 13.8 Å². The molecule has 2 aromatic carbocycles. The molecule has 2 N–H and O–H groups in total. The number of rotatable bonds is 6. The predicted octanol–water partition coefficient (Wildman–Crippen LogP) is 5.44. The number of amides is 2. The first-order valence-corrected chi connectivity index (χ1v) is 11.3. The predicted molar refractivity (Wildman–Crippen MR) is 128 cm³/mol. The third kappa shape index (κ3) is 5.10. The number of hydrogen-bond acceptors (Lipinski definition) is 6. The molecule has 0 fully saturated rings. The average Bonchev–Trinajstić information content (AvgIpc) is 3.21. The topological polar surface area (TPSA) is 84.0 Å². The number of thiophene rings is 1. The van der Waals surface area contributed by atoms with Crippen molar-refractivity contribution in [1.29, 1.82) is 0 Å². The van der Waals surface area contributed by atoms with E-state index in [1.54, 1.807) is 41.9 Å². The molecule has 4 rings (SSSR count). The molecule has 0 spiro atoms. The van der Waals surface area contributed by atoms with Crippen LogP contribution in [0.2, 0.25) is 0 Å². The first-order valence-electron chi connectivity index (χ1n) is 9.65. The molecule has 0 radical (unpaired) electrons. The molecule has 0 aliphatic heterocycles.